The predicted molar refractivity (Wildman–Crippen MR) is 284 cm³/mol. The van der Waals surface area contributed by atoms with Crippen molar-refractivity contribution in [1.29, 1.82) is 5.41 Å². The molecular weight excluding hydrogens is 829 g/mol. The Hall–Kier alpha value is -9.19. The molecule has 5 nitrogen and oxygen atoms in total. The van der Waals surface area contributed by atoms with Gasteiger partial charge in [0.1, 0.15) is 11.2 Å². The second-order valence-corrected chi connectivity index (χ2v) is 16.9. The molecule has 0 saturated carbocycles. The molecule has 2 heterocycles. The minimum absolute atomic E-state index is 0.0894. The maximum Gasteiger partial charge on any atom is 0.161 e. The van der Waals surface area contributed by atoms with Crippen molar-refractivity contribution in [3.63, 3.8) is 0 Å². The van der Waals surface area contributed by atoms with Crippen LogP contribution in [0.1, 0.15) is 16.7 Å². The van der Waals surface area contributed by atoms with Crippen molar-refractivity contribution >= 4 is 61.6 Å². The van der Waals surface area contributed by atoms with Crippen LogP contribution in [-0.4, -0.2) is 22.5 Å². The van der Waals surface area contributed by atoms with E-state index >= 15 is 0 Å². The van der Waals surface area contributed by atoms with Gasteiger partial charge in [0.2, 0.25) is 0 Å². The molecule has 0 radical (unpaired) electrons. The molecule has 1 N–H and O–H groups in total. The van der Waals surface area contributed by atoms with Gasteiger partial charge in [-0.3, -0.25) is 5.41 Å². The first-order chi connectivity index (χ1) is 33.6. The summed E-state index contributed by atoms with van der Waals surface area (Å²) >= 11 is 0. The quantitative estimate of drug-likeness (QED) is 0.120. The van der Waals surface area contributed by atoms with Crippen molar-refractivity contribution in [2.24, 2.45) is 9.98 Å². The van der Waals surface area contributed by atoms with E-state index in [1.807, 2.05) is 72.8 Å². The van der Waals surface area contributed by atoms with Crippen molar-refractivity contribution in [3.05, 3.63) is 259 Å². The van der Waals surface area contributed by atoms with E-state index in [2.05, 4.69) is 174 Å². The van der Waals surface area contributed by atoms with Crippen LogP contribution >= 0.6 is 0 Å². The maximum atomic E-state index is 9.94. The summed E-state index contributed by atoms with van der Waals surface area (Å²) in [7, 11) is 0. The average molecular weight is 871 g/mol. The number of furan rings is 1. The lowest BCUT2D eigenvalue weighted by Crippen LogP contribution is -2.06. The Morgan fingerprint density at radius 2 is 1.04 bits per heavy atom. The summed E-state index contributed by atoms with van der Waals surface area (Å²) in [5.41, 5.74) is 15.6. The van der Waals surface area contributed by atoms with Gasteiger partial charge in [-0.15, -0.1) is 0 Å². The molecule has 0 amide bonds. The minimum Gasteiger partial charge on any atom is -0.456 e. The highest BCUT2D eigenvalue weighted by Gasteiger charge is 2.21. The lowest BCUT2D eigenvalue weighted by atomic mass is 9.88. The molecule has 320 valence electrons. The number of fused-ring (bicyclic) bond motifs is 7. The molecule has 0 bridgehead atoms. The van der Waals surface area contributed by atoms with Crippen LogP contribution in [0.5, 0.6) is 0 Å². The van der Waals surface area contributed by atoms with E-state index in [1.165, 1.54) is 5.39 Å². The molecule has 10 aromatic carbocycles. The molecule has 0 atom stereocenters. The van der Waals surface area contributed by atoms with Gasteiger partial charge < -0.3 is 8.98 Å². The Morgan fingerprint density at radius 1 is 0.426 bits per heavy atom. The van der Waals surface area contributed by atoms with Crippen LogP contribution in [0, 0.1) is 5.41 Å². The normalized spacial score (nSPS) is 11.9. The highest BCUT2D eigenvalue weighted by Crippen LogP contribution is 2.43. The van der Waals surface area contributed by atoms with Crippen LogP contribution in [0.15, 0.2) is 257 Å². The summed E-state index contributed by atoms with van der Waals surface area (Å²) in [6.07, 6.45) is 1.81. The Kier molecular flexibility index (Phi) is 10.3. The zero-order valence-corrected chi connectivity index (χ0v) is 36.9. The van der Waals surface area contributed by atoms with Crippen LogP contribution < -0.4 is 0 Å². The van der Waals surface area contributed by atoms with Crippen molar-refractivity contribution in [3.8, 4) is 50.2 Å². The molecule has 0 fully saturated rings. The van der Waals surface area contributed by atoms with Gasteiger partial charge in [0, 0.05) is 44.6 Å². The second kappa shape index (κ2) is 17.3. The second-order valence-electron chi connectivity index (χ2n) is 16.9. The zero-order valence-electron chi connectivity index (χ0n) is 36.9. The van der Waals surface area contributed by atoms with E-state index in [0.29, 0.717) is 11.4 Å². The van der Waals surface area contributed by atoms with Gasteiger partial charge in [0.05, 0.1) is 11.0 Å². The number of hydrogen-bond acceptors (Lipinski definition) is 2. The first kappa shape index (κ1) is 40.3. The van der Waals surface area contributed by atoms with Gasteiger partial charge in [-0.05, 0) is 105 Å². The van der Waals surface area contributed by atoms with E-state index in [-0.39, 0.29) is 5.84 Å². The molecule has 5 heteroatoms. The molecule has 12 rings (SSSR count). The number of nitrogens with one attached hydrogen (secondary N) is 1. The van der Waals surface area contributed by atoms with Gasteiger partial charge in [0.15, 0.2) is 11.7 Å². The number of hydrogen-bond donors (Lipinski definition) is 1. The topological polar surface area (TPSA) is 66.6 Å². The third kappa shape index (κ3) is 7.38. The molecule has 0 unspecified atom stereocenters. The highest BCUT2D eigenvalue weighted by atomic mass is 16.3. The Balaban J connectivity index is 1.06. The van der Waals surface area contributed by atoms with Gasteiger partial charge in [0.25, 0.3) is 0 Å². The molecule has 2 aromatic heterocycles. The number of para-hydroxylation sites is 2. The SMILES string of the molecule is N=C(N=C(N=Cc1ccccc1)c1ccccc1)c1cc(-c2cc(-c3ccccc3)ccc2-c2ccccc2)ccc1-c1ccc2c(c1)oc1ccc3c(c4ccccc4n3-c3ccccc3)c12. The Morgan fingerprint density at radius 3 is 1.81 bits per heavy atom. The molecule has 0 spiro atoms. The van der Waals surface area contributed by atoms with Crippen molar-refractivity contribution in [2.75, 3.05) is 0 Å². The van der Waals surface area contributed by atoms with E-state index in [4.69, 9.17) is 14.4 Å². The lowest BCUT2D eigenvalue weighted by molar-refractivity contribution is 0.669. The molecule has 0 aliphatic heterocycles. The first-order valence-electron chi connectivity index (χ1n) is 22.8. The number of aromatic nitrogens is 1. The summed E-state index contributed by atoms with van der Waals surface area (Å²) in [5.74, 6) is 0.532. The number of rotatable bonds is 8. The lowest BCUT2D eigenvalue weighted by Gasteiger charge is -2.16. The molecule has 0 aliphatic rings. The largest absolute Gasteiger partial charge is 0.456 e. The number of nitrogens with zero attached hydrogens (tertiary/aromatic N) is 3. The van der Waals surface area contributed by atoms with E-state index in [1.54, 1.807) is 6.21 Å². The number of amidine groups is 2. The Labute approximate surface area is 393 Å². The van der Waals surface area contributed by atoms with Crippen molar-refractivity contribution < 1.29 is 4.42 Å². The third-order valence-corrected chi connectivity index (χ3v) is 12.8. The first-order valence-corrected chi connectivity index (χ1v) is 22.8. The minimum atomic E-state index is 0.0894. The molecule has 12 aromatic rings. The third-order valence-electron chi connectivity index (χ3n) is 12.8. The highest BCUT2D eigenvalue weighted by molar-refractivity contribution is 6.27. The molecular formula is C63H42N4O. The smallest absolute Gasteiger partial charge is 0.161 e. The van der Waals surface area contributed by atoms with Crippen LogP contribution in [-0.2, 0) is 0 Å². The van der Waals surface area contributed by atoms with Crippen LogP contribution in [0.2, 0.25) is 0 Å². The van der Waals surface area contributed by atoms with Gasteiger partial charge >= 0.3 is 0 Å². The van der Waals surface area contributed by atoms with Gasteiger partial charge in [-0.25, -0.2) is 9.98 Å². The van der Waals surface area contributed by atoms with E-state index in [9.17, 15) is 5.41 Å². The molecule has 68 heavy (non-hydrogen) atoms. The van der Waals surface area contributed by atoms with Crippen LogP contribution in [0.4, 0.5) is 0 Å². The maximum absolute atomic E-state index is 9.94. The summed E-state index contributed by atoms with van der Waals surface area (Å²) in [6.45, 7) is 0. The monoisotopic (exact) mass is 870 g/mol. The van der Waals surface area contributed by atoms with Crippen LogP contribution in [0.3, 0.4) is 0 Å². The fraction of sp³-hybridized carbons (Fsp3) is 0. The van der Waals surface area contributed by atoms with Crippen molar-refractivity contribution in [2.45, 2.75) is 0 Å². The average Bonchev–Trinajstić information content (AvgIpc) is 3.96. The summed E-state index contributed by atoms with van der Waals surface area (Å²) in [5, 5.41) is 14.4. The van der Waals surface area contributed by atoms with E-state index in [0.717, 1.165) is 99.7 Å². The molecule has 0 aliphatic carbocycles. The Bertz CT molecular complexity index is 3890. The summed E-state index contributed by atoms with van der Waals surface area (Å²) < 4.78 is 9.12. The van der Waals surface area contributed by atoms with Gasteiger partial charge in [-0.1, -0.05) is 188 Å². The number of benzene rings is 10. The van der Waals surface area contributed by atoms with Gasteiger partial charge in [-0.2, -0.15) is 0 Å². The predicted octanol–water partition coefficient (Wildman–Crippen LogP) is 16.2. The molecule has 0 saturated heterocycles. The zero-order chi connectivity index (χ0) is 45.4. The summed E-state index contributed by atoms with van der Waals surface area (Å²) in [6, 6.07) is 83.7. The van der Waals surface area contributed by atoms with E-state index < -0.39 is 0 Å². The fourth-order valence-corrected chi connectivity index (χ4v) is 9.57. The fourth-order valence-electron chi connectivity index (χ4n) is 9.57. The summed E-state index contributed by atoms with van der Waals surface area (Å²) in [4.78, 5) is 9.97. The van der Waals surface area contributed by atoms with Crippen molar-refractivity contribution in [1.82, 2.24) is 4.57 Å². The standard InChI is InChI=1S/C63H42N4O/c64-62(66-63(45-24-12-4-13-25-45)65-41-42-18-6-1-7-19-42)55-39-47(54-38-46(43-20-8-2-9-21-43)30-33-50(54)44-22-10-3-11-23-44)31-34-51(55)48-32-35-53-59(40-48)68-58-37-36-57-60(61(53)58)52-28-16-17-29-56(52)67(57)49-26-14-5-15-27-49/h1-41,64H. The van der Waals surface area contributed by atoms with Crippen LogP contribution in [0.25, 0.3) is 93.9 Å². The number of aliphatic imine (C=N–C) groups is 2.